The molecule has 2 unspecified atom stereocenters. The van der Waals surface area contributed by atoms with E-state index in [1.807, 2.05) is 5.32 Å². The van der Waals surface area contributed by atoms with Crippen molar-refractivity contribution in [2.24, 2.45) is 0 Å². The van der Waals surface area contributed by atoms with E-state index in [9.17, 15) is 19.5 Å². The monoisotopic (exact) mass is 249 g/mol. The van der Waals surface area contributed by atoms with E-state index in [1.165, 1.54) is 7.11 Å². The Balaban J connectivity index is 4.72. The van der Waals surface area contributed by atoms with Gasteiger partial charge in [0.1, 0.15) is 0 Å². The number of hydrogen-bond donors (Lipinski definition) is 4. The highest BCUT2D eigenvalue weighted by Gasteiger charge is 2.45. The minimum absolute atomic E-state index is 0.0629. The van der Waals surface area contributed by atoms with Crippen LogP contribution < -0.4 is 5.32 Å². The third kappa shape index (κ3) is 4.37. The summed E-state index contributed by atoms with van der Waals surface area (Å²) in [4.78, 5) is 32.7. The molecule has 0 aromatic heterocycles. The van der Waals surface area contributed by atoms with Gasteiger partial charge in [-0.25, -0.2) is 9.59 Å². The maximum absolute atomic E-state index is 11.2. The molecule has 0 aliphatic rings. The van der Waals surface area contributed by atoms with Gasteiger partial charge in [-0.05, 0) is 6.92 Å². The fourth-order valence-corrected chi connectivity index (χ4v) is 0.994. The van der Waals surface area contributed by atoms with Crippen LogP contribution in [0, 0.1) is 0 Å². The quantitative estimate of drug-likeness (QED) is 0.428. The van der Waals surface area contributed by atoms with Gasteiger partial charge in [0, 0.05) is 13.5 Å². The molecule has 0 aliphatic heterocycles. The van der Waals surface area contributed by atoms with Crippen molar-refractivity contribution in [1.29, 1.82) is 0 Å². The number of carbonyl (C=O) groups is 3. The highest BCUT2D eigenvalue weighted by molar-refractivity contribution is 5.91. The molecule has 0 heterocycles. The molecule has 0 fully saturated rings. The molecule has 0 radical (unpaired) electrons. The summed E-state index contributed by atoms with van der Waals surface area (Å²) in [6.07, 6.45) is -0.129. The van der Waals surface area contributed by atoms with Crippen LogP contribution in [0.1, 0.15) is 13.3 Å². The Bertz CT molecular complexity index is 312. The third-order valence-corrected chi connectivity index (χ3v) is 2.08. The maximum atomic E-state index is 11.2. The van der Waals surface area contributed by atoms with Crippen LogP contribution in [-0.4, -0.2) is 58.5 Å². The van der Waals surface area contributed by atoms with E-state index in [0.29, 0.717) is 0 Å². The van der Waals surface area contributed by atoms with Crippen molar-refractivity contribution in [2.45, 2.75) is 25.0 Å². The second-order valence-corrected chi connectivity index (χ2v) is 3.53. The van der Waals surface area contributed by atoms with Crippen molar-refractivity contribution >= 4 is 17.8 Å². The largest absolute Gasteiger partial charge is 0.480 e. The molecule has 0 aliphatic carbocycles. The molecule has 2 atom stereocenters. The van der Waals surface area contributed by atoms with Gasteiger partial charge in [-0.15, -0.1) is 0 Å². The summed E-state index contributed by atoms with van der Waals surface area (Å²) in [5, 5.41) is 28.8. The molecule has 0 bridgehead atoms. The number of rotatable bonds is 7. The van der Waals surface area contributed by atoms with E-state index < -0.39 is 29.5 Å². The molecule has 1 amide bonds. The predicted molar refractivity (Wildman–Crippen MR) is 54.3 cm³/mol. The Hall–Kier alpha value is -1.67. The van der Waals surface area contributed by atoms with Gasteiger partial charge in [-0.1, -0.05) is 0 Å². The van der Waals surface area contributed by atoms with Crippen LogP contribution in [0.4, 0.5) is 0 Å². The highest BCUT2D eigenvalue weighted by Crippen LogP contribution is 2.11. The summed E-state index contributed by atoms with van der Waals surface area (Å²) in [6, 6.07) is -1.93. The first kappa shape index (κ1) is 15.3. The Morgan fingerprint density at radius 2 is 1.88 bits per heavy atom. The van der Waals surface area contributed by atoms with Crippen molar-refractivity contribution < 1.29 is 34.4 Å². The Kier molecular flexibility index (Phi) is 5.56. The lowest BCUT2D eigenvalue weighted by molar-refractivity contribution is -0.168. The van der Waals surface area contributed by atoms with Gasteiger partial charge < -0.3 is 25.4 Å². The average Bonchev–Trinajstić information content (AvgIpc) is 2.21. The molecule has 0 aromatic rings. The number of methoxy groups -OCH3 is 1. The van der Waals surface area contributed by atoms with Crippen molar-refractivity contribution in [3.8, 4) is 0 Å². The Labute approximate surface area is 97.2 Å². The first-order valence-corrected chi connectivity index (χ1v) is 4.70. The van der Waals surface area contributed by atoms with Gasteiger partial charge in [0.25, 0.3) is 0 Å². The van der Waals surface area contributed by atoms with E-state index in [4.69, 9.17) is 10.2 Å². The molecular formula is C9H15NO7. The van der Waals surface area contributed by atoms with E-state index in [1.54, 1.807) is 0 Å². The van der Waals surface area contributed by atoms with Crippen LogP contribution >= 0.6 is 0 Å². The molecule has 0 saturated carbocycles. The summed E-state index contributed by atoms with van der Waals surface area (Å²) >= 11 is 0. The maximum Gasteiger partial charge on any atom is 0.338 e. The average molecular weight is 249 g/mol. The standard InChI is InChI=1S/C9H15NO7/c1-9(16,8(14)15)6(7(12)13)10-5(11)3-4-17-2/h6,16H,3-4H2,1-2H3,(H,10,11)(H,12,13)(H,14,15). The number of hydrogen-bond acceptors (Lipinski definition) is 5. The van der Waals surface area contributed by atoms with Crippen molar-refractivity contribution in [2.75, 3.05) is 13.7 Å². The second-order valence-electron chi connectivity index (χ2n) is 3.53. The molecular weight excluding hydrogens is 234 g/mol. The molecule has 4 N–H and O–H groups in total. The highest BCUT2D eigenvalue weighted by atomic mass is 16.5. The smallest absolute Gasteiger partial charge is 0.338 e. The fourth-order valence-electron chi connectivity index (χ4n) is 0.994. The predicted octanol–water partition coefficient (Wildman–Crippen LogP) is -1.57. The van der Waals surface area contributed by atoms with Gasteiger partial charge in [-0.3, -0.25) is 4.79 Å². The van der Waals surface area contributed by atoms with E-state index >= 15 is 0 Å². The Morgan fingerprint density at radius 3 is 2.24 bits per heavy atom. The minimum atomic E-state index is -2.59. The summed E-state index contributed by atoms with van der Waals surface area (Å²) in [6.45, 7) is 0.859. The van der Waals surface area contributed by atoms with Gasteiger partial charge in [0.15, 0.2) is 11.6 Å². The summed E-state index contributed by atoms with van der Waals surface area (Å²) < 4.78 is 4.60. The third-order valence-electron chi connectivity index (χ3n) is 2.08. The van der Waals surface area contributed by atoms with Crippen LogP contribution in [0.15, 0.2) is 0 Å². The lowest BCUT2D eigenvalue weighted by Gasteiger charge is -2.26. The normalized spacial score (nSPS) is 15.7. The van der Waals surface area contributed by atoms with E-state index in [-0.39, 0.29) is 13.0 Å². The number of carboxylic acids is 2. The first-order chi connectivity index (χ1) is 7.73. The van der Waals surface area contributed by atoms with Gasteiger partial charge >= 0.3 is 11.9 Å². The van der Waals surface area contributed by atoms with Crippen LogP contribution in [0.25, 0.3) is 0 Å². The number of nitrogens with one attached hydrogen (secondary N) is 1. The van der Waals surface area contributed by atoms with Gasteiger partial charge in [-0.2, -0.15) is 0 Å². The number of amides is 1. The van der Waals surface area contributed by atoms with E-state index in [2.05, 4.69) is 4.74 Å². The van der Waals surface area contributed by atoms with Crippen LogP contribution in [0.2, 0.25) is 0 Å². The number of carbonyl (C=O) groups excluding carboxylic acids is 1. The van der Waals surface area contributed by atoms with Crippen molar-refractivity contribution in [3.05, 3.63) is 0 Å². The molecule has 0 saturated heterocycles. The summed E-state index contributed by atoms with van der Waals surface area (Å²) in [7, 11) is 1.36. The fraction of sp³-hybridized carbons (Fsp3) is 0.667. The van der Waals surface area contributed by atoms with Crippen LogP contribution in [0.5, 0.6) is 0 Å². The zero-order chi connectivity index (χ0) is 13.6. The number of aliphatic hydroxyl groups is 1. The molecule has 0 rings (SSSR count). The SMILES string of the molecule is COCCC(=O)NC(C(=O)O)C(C)(O)C(=O)O. The minimum Gasteiger partial charge on any atom is -0.480 e. The molecule has 17 heavy (non-hydrogen) atoms. The van der Waals surface area contributed by atoms with Crippen LogP contribution in [0.3, 0.4) is 0 Å². The lowest BCUT2D eigenvalue weighted by Crippen LogP contribution is -2.59. The van der Waals surface area contributed by atoms with Crippen molar-refractivity contribution in [1.82, 2.24) is 5.32 Å². The zero-order valence-corrected chi connectivity index (χ0v) is 9.47. The molecule has 98 valence electrons. The van der Waals surface area contributed by atoms with Crippen LogP contribution in [-0.2, 0) is 19.1 Å². The number of ether oxygens (including phenoxy) is 1. The van der Waals surface area contributed by atoms with Crippen molar-refractivity contribution in [3.63, 3.8) is 0 Å². The molecule has 0 spiro atoms. The second kappa shape index (κ2) is 6.16. The van der Waals surface area contributed by atoms with E-state index in [0.717, 1.165) is 6.92 Å². The molecule has 0 aromatic carbocycles. The molecule has 8 heteroatoms. The van der Waals surface area contributed by atoms with Gasteiger partial charge in [0.2, 0.25) is 5.91 Å². The number of aliphatic carboxylic acids is 2. The molecule has 8 nitrogen and oxygen atoms in total. The summed E-state index contributed by atoms with van der Waals surface area (Å²) in [5.41, 5.74) is -2.59. The zero-order valence-electron chi connectivity index (χ0n) is 9.47. The topological polar surface area (TPSA) is 133 Å². The first-order valence-electron chi connectivity index (χ1n) is 4.70. The lowest BCUT2D eigenvalue weighted by atomic mass is 9.96. The van der Waals surface area contributed by atoms with Gasteiger partial charge in [0.05, 0.1) is 6.61 Å². The Morgan fingerprint density at radius 1 is 1.35 bits per heavy atom. The summed E-state index contributed by atoms with van der Waals surface area (Å²) in [5.74, 6) is -4.10. The number of carboxylic acid groups (broad SMARTS) is 2.